The van der Waals surface area contributed by atoms with Crippen molar-refractivity contribution in [2.75, 3.05) is 0 Å². The predicted octanol–water partition coefficient (Wildman–Crippen LogP) is 0.462. The van der Waals surface area contributed by atoms with Gasteiger partial charge in [0.2, 0.25) is 0 Å². The van der Waals surface area contributed by atoms with Crippen LogP contribution in [-0.4, -0.2) is 6.79 Å². The van der Waals surface area contributed by atoms with Crippen LogP contribution in [0.1, 0.15) is 0 Å². The van der Waals surface area contributed by atoms with Crippen molar-refractivity contribution in [3.63, 3.8) is 0 Å². The molecule has 3 heteroatoms. The van der Waals surface area contributed by atoms with Gasteiger partial charge in [-0.1, -0.05) is 0 Å². The first-order chi connectivity index (χ1) is 1.00. The zero-order valence-corrected chi connectivity index (χ0v) is 4.12. The van der Waals surface area contributed by atoms with E-state index in [1.165, 1.54) is 0 Å². The molecule has 0 saturated carbocycles. The average molecular weight is 165 g/mol. The van der Waals surface area contributed by atoms with Crippen molar-refractivity contribution in [2.45, 2.75) is 0 Å². The number of carbonyl (C=O) groups excluding carboxylic acids is 1. The summed E-state index contributed by atoms with van der Waals surface area (Å²) >= 11 is 0. The predicted molar refractivity (Wildman–Crippen MR) is 12.6 cm³/mol. The fourth-order valence-electron chi connectivity index (χ4n) is 0. The molecule has 0 spiro atoms. The molecule has 0 aliphatic carbocycles. The van der Waals surface area contributed by atoms with Crippen molar-refractivity contribution in [1.29, 1.82) is 0 Å². The van der Waals surface area contributed by atoms with Crippen molar-refractivity contribution >= 4 is 16.7 Å². The molecular formula is COPPd. The smallest absolute Gasteiger partial charge is 0.281 e. The van der Waals surface area contributed by atoms with E-state index in [0.29, 0.717) is 0 Å². The molecule has 0 atom stereocenters. The van der Waals surface area contributed by atoms with Crippen LogP contribution < -0.4 is 0 Å². The van der Waals surface area contributed by atoms with Crippen LogP contribution in [0.3, 0.4) is 0 Å². The van der Waals surface area contributed by atoms with Crippen molar-refractivity contribution in [3.8, 4) is 0 Å². The minimum Gasteiger partial charge on any atom is -0.281 e. The van der Waals surface area contributed by atoms with Gasteiger partial charge in [-0.2, -0.15) is 0 Å². The quantitative estimate of drug-likeness (QED) is 0.376. The van der Waals surface area contributed by atoms with Crippen LogP contribution in [0.4, 0.5) is 0 Å². The second-order valence-corrected chi connectivity index (χ2v) is 0. The van der Waals surface area contributed by atoms with E-state index >= 15 is 0 Å². The third-order valence-electron chi connectivity index (χ3n) is 0. The van der Waals surface area contributed by atoms with Gasteiger partial charge in [0.25, 0.3) is 6.79 Å². The first-order valence-electron chi connectivity index (χ1n) is 0.204. The molecule has 0 N–H and O–H groups in total. The monoisotopic (exact) mass is 165 g/mol. The summed E-state index contributed by atoms with van der Waals surface area (Å²) < 4.78 is 0. The van der Waals surface area contributed by atoms with Crippen LogP contribution in [0.2, 0.25) is 0 Å². The van der Waals surface area contributed by atoms with Gasteiger partial charge in [0.1, 0.15) is 0 Å². The second kappa shape index (κ2) is 49.4. The van der Waals surface area contributed by atoms with Crippen LogP contribution in [-0.2, 0) is 25.2 Å². The molecule has 0 aromatic heterocycles. The van der Waals surface area contributed by atoms with Crippen LogP contribution >= 0.6 is 9.90 Å². The van der Waals surface area contributed by atoms with Crippen LogP contribution in [0, 0.1) is 0 Å². The minimum absolute atomic E-state index is 0. The summed E-state index contributed by atoms with van der Waals surface area (Å²) in [5.74, 6) is 0. The van der Waals surface area contributed by atoms with E-state index in [1.807, 2.05) is 0 Å². The SMILES string of the molecule is [C]=O.[P].[Pd]. The van der Waals surface area contributed by atoms with Crippen molar-refractivity contribution in [3.05, 3.63) is 0 Å². The van der Waals surface area contributed by atoms with Gasteiger partial charge in [0, 0.05) is 30.3 Å². The molecule has 0 aromatic rings. The Balaban J connectivity index is -0.00000000500. The fourth-order valence-corrected chi connectivity index (χ4v) is 0. The summed E-state index contributed by atoms with van der Waals surface area (Å²) in [6.45, 7) is 4.50. The van der Waals surface area contributed by atoms with E-state index in [4.69, 9.17) is 4.79 Å². The normalized spacial score (nSPS) is 1.00. The van der Waals surface area contributed by atoms with Crippen LogP contribution in [0.15, 0.2) is 0 Å². The second-order valence-electron chi connectivity index (χ2n) is 0. The molecule has 1 nitrogen and oxygen atoms in total. The van der Waals surface area contributed by atoms with Crippen LogP contribution in [0.25, 0.3) is 0 Å². The van der Waals surface area contributed by atoms with Crippen LogP contribution in [0.5, 0.6) is 0 Å². The van der Waals surface area contributed by atoms with Gasteiger partial charge < -0.3 is 0 Å². The Morgan fingerprint density at radius 2 is 1.25 bits per heavy atom. The summed E-state index contributed by atoms with van der Waals surface area (Å²) in [4.78, 5) is 7.50. The molecule has 0 bridgehead atoms. The molecule has 0 aromatic carbocycles. The molecular weight excluding hydrogens is 165 g/mol. The van der Waals surface area contributed by atoms with Gasteiger partial charge in [-0.05, 0) is 0 Å². The molecule has 0 aliphatic rings. The molecule has 5 radical (unpaired) electrons. The van der Waals surface area contributed by atoms with Crippen molar-refractivity contribution in [2.24, 2.45) is 0 Å². The Labute approximate surface area is 42.4 Å². The third kappa shape index (κ3) is 14.8. The van der Waals surface area contributed by atoms with E-state index in [2.05, 4.69) is 6.79 Å². The minimum atomic E-state index is 0. The third-order valence-corrected chi connectivity index (χ3v) is 0. The summed E-state index contributed by atoms with van der Waals surface area (Å²) in [5.41, 5.74) is 0. The summed E-state index contributed by atoms with van der Waals surface area (Å²) in [6, 6.07) is 0. The zero-order chi connectivity index (χ0) is 2.00. The van der Waals surface area contributed by atoms with E-state index in [1.54, 1.807) is 0 Å². The molecule has 0 amide bonds. The molecule has 0 rings (SSSR count). The maximum Gasteiger partial charge on any atom is 0.281 e. The zero-order valence-electron chi connectivity index (χ0n) is 1.67. The van der Waals surface area contributed by atoms with Crippen molar-refractivity contribution in [1.82, 2.24) is 0 Å². The molecule has 0 aliphatic heterocycles. The van der Waals surface area contributed by atoms with Crippen molar-refractivity contribution < 1.29 is 25.2 Å². The number of hydrogen-bond donors (Lipinski definition) is 0. The van der Waals surface area contributed by atoms with E-state index in [-0.39, 0.29) is 30.3 Å². The maximum absolute atomic E-state index is 7.50. The standard InChI is InChI=1S/CO.P.Pd/c1-2;;. The molecule has 25 valence electrons. The van der Waals surface area contributed by atoms with Gasteiger partial charge in [-0.15, -0.1) is 0 Å². The first-order valence-corrected chi connectivity index (χ1v) is 0.204. The molecule has 0 saturated heterocycles. The van der Waals surface area contributed by atoms with E-state index in [9.17, 15) is 0 Å². The average Bonchev–Trinajstić information content (AvgIpc) is 1.00. The number of hydrogen-bond acceptors (Lipinski definition) is 1. The maximum atomic E-state index is 7.50. The van der Waals surface area contributed by atoms with Gasteiger partial charge in [0.15, 0.2) is 0 Å². The number of rotatable bonds is 0. The van der Waals surface area contributed by atoms with E-state index in [0.717, 1.165) is 0 Å². The van der Waals surface area contributed by atoms with Gasteiger partial charge >= 0.3 is 0 Å². The summed E-state index contributed by atoms with van der Waals surface area (Å²) in [6.07, 6.45) is 0. The first kappa shape index (κ1) is 21.7. The molecule has 4 heavy (non-hydrogen) atoms. The summed E-state index contributed by atoms with van der Waals surface area (Å²) in [5, 5.41) is 0. The largest absolute Gasteiger partial charge is 0.281 e. The fraction of sp³-hybridized carbons (Fsp3) is 0. The molecule has 0 fully saturated rings. The summed E-state index contributed by atoms with van der Waals surface area (Å²) in [7, 11) is 0. The topological polar surface area (TPSA) is 17.1 Å². The Bertz CT molecular complexity index is 8.00. The Morgan fingerprint density at radius 1 is 1.25 bits per heavy atom. The van der Waals surface area contributed by atoms with Gasteiger partial charge in [-0.3, -0.25) is 4.79 Å². The Kier molecular flexibility index (Phi) is 268. The van der Waals surface area contributed by atoms with Gasteiger partial charge in [0.05, 0.1) is 0 Å². The Hall–Kier alpha value is 0.762. The van der Waals surface area contributed by atoms with E-state index < -0.39 is 0 Å². The molecule has 0 heterocycles. The Morgan fingerprint density at radius 3 is 1.25 bits per heavy atom. The van der Waals surface area contributed by atoms with Gasteiger partial charge in [-0.25, -0.2) is 0 Å². The molecule has 0 unspecified atom stereocenters.